The maximum atomic E-state index is 12.8. The molecule has 0 spiro atoms. The molecular weight excluding hydrogens is 334 g/mol. The van der Waals surface area contributed by atoms with Crippen molar-refractivity contribution >= 4 is 23.3 Å². The van der Waals surface area contributed by atoms with E-state index in [-0.39, 0.29) is 11.8 Å². The van der Waals surface area contributed by atoms with Crippen molar-refractivity contribution < 1.29 is 14.3 Å². The zero-order valence-corrected chi connectivity index (χ0v) is 15.0. The molecule has 0 saturated carbocycles. The van der Waals surface area contributed by atoms with Crippen LogP contribution in [0.15, 0.2) is 36.7 Å². The molecule has 2 amide bonds. The summed E-state index contributed by atoms with van der Waals surface area (Å²) >= 11 is 0. The summed E-state index contributed by atoms with van der Waals surface area (Å²) in [6, 6.07) is 6.65. The molecule has 134 valence electrons. The first-order chi connectivity index (χ1) is 12.4. The number of aryl methyl sites for hydroxylation is 1. The second-order valence-corrected chi connectivity index (χ2v) is 5.90. The van der Waals surface area contributed by atoms with E-state index in [0.29, 0.717) is 34.2 Å². The first-order valence-corrected chi connectivity index (χ1v) is 7.93. The first kappa shape index (κ1) is 17.4. The molecular formula is C18H19N5O3. The topological polar surface area (TPSA) is 88.8 Å². The molecule has 2 heterocycles. The van der Waals surface area contributed by atoms with Crippen LogP contribution in [0.2, 0.25) is 0 Å². The Kier molecular flexibility index (Phi) is 4.57. The molecule has 0 aliphatic carbocycles. The number of ether oxygens (including phenoxy) is 1. The Bertz CT molecular complexity index is 994. The number of anilines is 1. The van der Waals surface area contributed by atoms with Gasteiger partial charge in [0.25, 0.3) is 11.8 Å². The van der Waals surface area contributed by atoms with Gasteiger partial charge in [-0.1, -0.05) is 0 Å². The normalized spacial score (nSPS) is 10.6. The maximum absolute atomic E-state index is 12.8. The number of benzene rings is 1. The number of amides is 2. The van der Waals surface area contributed by atoms with Gasteiger partial charge >= 0.3 is 0 Å². The third kappa shape index (κ3) is 3.08. The molecule has 2 aromatic heterocycles. The minimum Gasteiger partial charge on any atom is -0.496 e. The number of rotatable bonds is 4. The van der Waals surface area contributed by atoms with Gasteiger partial charge in [0, 0.05) is 32.2 Å². The van der Waals surface area contributed by atoms with E-state index in [1.54, 1.807) is 62.1 Å². The number of hydrogen-bond donors (Lipinski definition) is 1. The second-order valence-electron chi connectivity index (χ2n) is 5.90. The van der Waals surface area contributed by atoms with Gasteiger partial charge in [-0.25, -0.2) is 9.97 Å². The monoisotopic (exact) mass is 353 g/mol. The lowest BCUT2D eigenvalue weighted by Crippen LogP contribution is -2.23. The molecule has 8 heteroatoms. The van der Waals surface area contributed by atoms with Crippen LogP contribution in [0.25, 0.3) is 5.78 Å². The number of methoxy groups -OCH3 is 1. The van der Waals surface area contributed by atoms with Crippen LogP contribution in [-0.2, 0) is 0 Å². The number of carbonyl (C=O) groups is 2. The highest BCUT2D eigenvalue weighted by Crippen LogP contribution is 2.24. The van der Waals surface area contributed by atoms with E-state index in [1.165, 1.54) is 12.0 Å². The summed E-state index contributed by atoms with van der Waals surface area (Å²) in [5, 5.41) is 2.81. The Morgan fingerprint density at radius 1 is 1.27 bits per heavy atom. The third-order valence-electron chi connectivity index (χ3n) is 3.89. The highest BCUT2D eigenvalue weighted by atomic mass is 16.5. The minimum absolute atomic E-state index is 0.215. The Balaban J connectivity index is 1.95. The predicted octanol–water partition coefficient (Wildman–Crippen LogP) is 2.00. The number of aromatic nitrogens is 3. The molecule has 0 radical (unpaired) electrons. The highest BCUT2D eigenvalue weighted by Gasteiger charge is 2.19. The summed E-state index contributed by atoms with van der Waals surface area (Å²) in [7, 11) is 4.80. The summed E-state index contributed by atoms with van der Waals surface area (Å²) < 4.78 is 6.87. The zero-order chi connectivity index (χ0) is 18.8. The predicted molar refractivity (Wildman–Crippen MR) is 96.7 cm³/mol. The molecule has 0 fully saturated rings. The minimum atomic E-state index is -0.337. The van der Waals surface area contributed by atoms with Crippen LogP contribution in [0.5, 0.6) is 5.75 Å². The quantitative estimate of drug-likeness (QED) is 0.775. The van der Waals surface area contributed by atoms with E-state index >= 15 is 0 Å². The molecule has 1 N–H and O–H groups in total. The molecule has 26 heavy (non-hydrogen) atoms. The number of carbonyl (C=O) groups excluding carboxylic acids is 2. The zero-order valence-electron chi connectivity index (χ0n) is 15.0. The van der Waals surface area contributed by atoms with Gasteiger partial charge in [0.2, 0.25) is 5.78 Å². The summed E-state index contributed by atoms with van der Waals surface area (Å²) in [4.78, 5) is 35.0. The lowest BCUT2D eigenvalue weighted by atomic mass is 10.1. The fourth-order valence-corrected chi connectivity index (χ4v) is 2.66. The molecule has 0 bridgehead atoms. The lowest BCUT2D eigenvalue weighted by Gasteiger charge is -2.15. The van der Waals surface area contributed by atoms with Crippen molar-refractivity contribution in [1.29, 1.82) is 0 Å². The maximum Gasteiger partial charge on any atom is 0.274 e. The SMILES string of the molecule is COc1ccc(NC(=O)c2c(C)nc3ncccn23)cc1C(=O)N(C)C. The standard InChI is InChI=1S/C18H19N5O3/c1-11-15(23-9-5-8-19-18(23)20-11)16(24)21-12-6-7-14(26-4)13(10-12)17(25)22(2)3/h5-10H,1-4H3,(H,21,24). The largest absolute Gasteiger partial charge is 0.496 e. The van der Waals surface area contributed by atoms with E-state index in [4.69, 9.17) is 4.74 Å². The van der Waals surface area contributed by atoms with Gasteiger partial charge in [0.1, 0.15) is 11.4 Å². The summed E-state index contributed by atoms with van der Waals surface area (Å²) in [6.07, 6.45) is 3.35. The van der Waals surface area contributed by atoms with Crippen LogP contribution >= 0.6 is 0 Å². The molecule has 3 aromatic rings. The Hall–Kier alpha value is -3.42. The first-order valence-electron chi connectivity index (χ1n) is 7.93. The molecule has 0 atom stereocenters. The lowest BCUT2D eigenvalue weighted by molar-refractivity contribution is 0.0824. The second kappa shape index (κ2) is 6.83. The van der Waals surface area contributed by atoms with Crippen molar-refractivity contribution in [2.75, 3.05) is 26.5 Å². The number of fused-ring (bicyclic) bond motifs is 1. The van der Waals surface area contributed by atoms with Gasteiger partial charge in [-0.05, 0) is 31.2 Å². The van der Waals surface area contributed by atoms with Crippen LogP contribution in [0.1, 0.15) is 26.5 Å². The molecule has 0 unspecified atom stereocenters. The van der Waals surface area contributed by atoms with Crippen molar-refractivity contribution in [1.82, 2.24) is 19.3 Å². The smallest absolute Gasteiger partial charge is 0.274 e. The molecule has 0 aliphatic rings. The Morgan fingerprint density at radius 2 is 2.04 bits per heavy atom. The van der Waals surface area contributed by atoms with Gasteiger partial charge < -0.3 is 15.0 Å². The summed E-state index contributed by atoms with van der Waals surface area (Å²) in [5.74, 6) is 0.342. The highest BCUT2D eigenvalue weighted by molar-refractivity contribution is 6.05. The van der Waals surface area contributed by atoms with E-state index < -0.39 is 0 Å². The van der Waals surface area contributed by atoms with Gasteiger partial charge in [-0.2, -0.15) is 0 Å². The molecule has 0 aliphatic heterocycles. The number of imidazole rings is 1. The van der Waals surface area contributed by atoms with Crippen molar-refractivity contribution in [2.45, 2.75) is 6.92 Å². The van der Waals surface area contributed by atoms with E-state index in [1.807, 2.05) is 0 Å². The van der Waals surface area contributed by atoms with Crippen molar-refractivity contribution in [3.63, 3.8) is 0 Å². The van der Waals surface area contributed by atoms with Crippen molar-refractivity contribution in [3.8, 4) is 5.75 Å². The molecule has 8 nitrogen and oxygen atoms in total. The number of nitrogens with zero attached hydrogens (tertiary/aromatic N) is 4. The van der Waals surface area contributed by atoms with Crippen LogP contribution in [0.3, 0.4) is 0 Å². The fourth-order valence-electron chi connectivity index (χ4n) is 2.66. The van der Waals surface area contributed by atoms with Crippen molar-refractivity contribution in [3.05, 3.63) is 53.6 Å². The average Bonchev–Trinajstić information content (AvgIpc) is 2.96. The van der Waals surface area contributed by atoms with Crippen LogP contribution in [-0.4, -0.2) is 52.3 Å². The van der Waals surface area contributed by atoms with Gasteiger partial charge in [0.05, 0.1) is 18.4 Å². The van der Waals surface area contributed by atoms with Crippen LogP contribution in [0.4, 0.5) is 5.69 Å². The number of hydrogen-bond acceptors (Lipinski definition) is 5. The Morgan fingerprint density at radius 3 is 2.73 bits per heavy atom. The van der Waals surface area contributed by atoms with Crippen LogP contribution < -0.4 is 10.1 Å². The molecule has 3 rings (SSSR count). The van der Waals surface area contributed by atoms with Gasteiger partial charge in [-0.3, -0.25) is 14.0 Å². The summed E-state index contributed by atoms with van der Waals surface area (Å²) in [5.41, 5.74) is 1.81. The number of nitrogens with one attached hydrogen (secondary N) is 1. The van der Waals surface area contributed by atoms with E-state index in [9.17, 15) is 9.59 Å². The average molecular weight is 353 g/mol. The third-order valence-corrected chi connectivity index (χ3v) is 3.89. The fraction of sp³-hybridized carbons (Fsp3) is 0.222. The van der Waals surface area contributed by atoms with Gasteiger partial charge in [-0.15, -0.1) is 0 Å². The molecule has 0 saturated heterocycles. The summed E-state index contributed by atoms with van der Waals surface area (Å²) in [6.45, 7) is 1.75. The Labute approximate surface area is 150 Å². The molecule has 1 aromatic carbocycles. The van der Waals surface area contributed by atoms with E-state index in [2.05, 4.69) is 15.3 Å². The van der Waals surface area contributed by atoms with Crippen molar-refractivity contribution in [2.24, 2.45) is 0 Å². The van der Waals surface area contributed by atoms with E-state index in [0.717, 1.165) is 0 Å². The van der Waals surface area contributed by atoms with Crippen LogP contribution in [0, 0.1) is 6.92 Å². The van der Waals surface area contributed by atoms with Gasteiger partial charge in [0.15, 0.2) is 0 Å².